The first kappa shape index (κ1) is 13.7. The molecule has 0 saturated heterocycles. The van der Waals surface area contributed by atoms with Gasteiger partial charge in [0.15, 0.2) is 0 Å². The molecule has 0 unspecified atom stereocenters. The zero-order chi connectivity index (χ0) is 12.8. The average molecular weight is 252 g/mol. The molecule has 4 nitrogen and oxygen atoms in total. The third-order valence-electron chi connectivity index (χ3n) is 3.98. The molecular weight excluding hydrogens is 224 g/mol. The molecule has 0 bridgehead atoms. The van der Waals surface area contributed by atoms with Crippen LogP contribution < -0.4 is 11.3 Å². The van der Waals surface area contributed by atoms with Crippen LogP contribution in [0.2, 0.25) is 0 Å². The molecule has 0 aromatic heterocycles. The first-order chi connectivity index (χ1) is 8.83. The number of nitrogens with zero attached hydrogens (tertiary/aromatic N) is 2. The van der Waals surface area contributed by atoms with Crippen LogP contribution in [-0.4, -0.2) is 30.0 Å². The number of hydrogen-bond donors (Lipinski definition) is 2. The van der Waals surface area contributed by atoms with Gasteiger partial charge in [-0.3, -0.25) is 5.43 Å². The fourth-order valence-corrected chi connectivity index (χ4v) is 2.76. The summed E-state index contributed by atoms with van der Waals surface area (Å²) in [5.41, 5.74) is 2.84. The fraction of sp³-hybridized carbons (Fsp3) is 0.929. The summed E-state index contributed by atoms with van der Waals surface area (Å²) in [7, 11) is 0. The van der Waals surface area contributed by atoms with Crippen molar-refractivity contribution in [1.29, 1.82) is 0 Å². The summed E-state index contributed by atoms with van der Waals surface area (Å²) in [5.74, 6) is 7.50. The Bertz CT molecular complexity index is 267. The van der Waals surface area contributed by atoms with Crippen LogP contribution in [0.1, 0.15) is 58.3 Å². The second-order valence-electron chi connectivity index (χ2n) is 5.78. The minimum Gasteiger partial charge on any atom is -0.342 e. The van der Waals surface area contributed by atoms with Gasteiger partial charge in [-0.2, -0.15) is 0 Å². The zero-order valence-corrected chi connectivity index (χ0v) is 11.7. The van der Waals surface area contributed by atoms with E-state index in [1.807, 2.05) is 0 Å². The molecule has 4 heteroatoms. The van der Waals surface area contributed by atoms with E-state index < -0.39 is 0 Å². The van der Waals surface area contributed by atoms with Gasteiger partial charge in [0, 0.05) is 13.1 Å². The van der Waals surface area contributed by atoms with E-state index >= 15 is 0 Å². The largest absolute Gasteiger partial charge is 0.342 e. The summed E-state index contributed by atoms with van der Waals surface area (Å²) < 4.78 is 0. The molecule has 2 saturated carbocycles. The van der Waals surface area contributed by atoms with E-state index in [4.69, 9.17) is 10.8 Å². The van der Waals surface area contributed by atoms with Gasteiger partial charge in [0.25, 0.3) is 0 Å². The minimum absolute atomic E-state index is 0.489. The lowest BCUT2D eigenvalue weighted by molar-refractivity contribution is 0.373. The van der Waals surface area contributed by atoms with Crippen LogP contribution in [0.5, 0.6) is 0 Å². The molecule has 104 valence electrons. The smallest absolute Gasteiger partial charge is 0.208 e. The topological polar surface area (TPSA) is 53.6 Å². The van der Waals surface area contributed by atoms with Crippen LogP contribution in [0.4, 0.5) is 0 Å². The Morgan fingerprint density at radius 2 is 1.94 bits per heavy atom. The van der Waals surface area contributed by atoms with Crippen LogP contribution in [-0.2, 0) is 0 Å². The van der Waals surface area contributed by atoms with E-state index in [1.54, 1.807) is 0 Å². The van der Waals surface area contributed by atoms with Gasteiger partial charge in [0.05, 0.1) is 6.04 Å². The summed E-state index contributed by atoms with van der Waals surface area (Å²) in [4.78, 5) is 7.21. The van der Waals surface area contributed by atoms with Crippen LogP contribution in [0, 0.1) is 5.92 Å². The van der Waals surface area contributed by atoms with Crippen molar-refractivity contribution in [3.63, 3.8) is 0 Å². The first-order valence-corrected chi connectivity index (χ1v) is 7.62. The molecule has 0 radical (unpaired) electrons. The van der Waals surface area contributed by atoms with Gasteiger partial charge in [0.2, 0.25) is 5.96 Å². The van der Waals surface area contributed by atoms with Crippen molar-refractivity contribution in [2.45, 2.75) is 64.3 Å². The summed E-state index contributed by atoms with van der Waals surface area (Å²) >= 11 is 0. The maximum atomic E-state index is 5.69. The number of nitrogens with one attached hydrogen (secondary N) is 1. The molecule has 0 spiro atoms. The quantitative estimate of drug-likeness (QED) is 0.341. The van der Waals surface area contributed by atoms with Gasteiger partial charge >= 0.3 is 0 Å². The van der Waals surface area contributed by atoms with E-state index in [-0.39, 0.29) is 0 Å². The average Bonchev–Trinajstić information content (AvgIpc) is 3.21. The van der Waals surface area contributed by atoms with Crippen LogP contribution in [0.25, 0.3) is 0 Å². The molecule has 18 heavy (non-hydrogen) atoms. The molecule has 0 heterocycles. The van der Waals surface area contributed by atoms with Gasteiger partial charge in [-0.1, -0.05) is 26.2 Å². The lowest BCUT2D eigenvalue weighted by atomic mass is 9.96. The van der Waals surface area contributed by atoms with E-state index in [9.17, 15) is 0 Å². The number of aliphatic imine (C=N–C) groups is 1. The summed E-state index contributed by atoms with van der Waals surface area (Å²) in [6.45, 7) is 4.41. The third kappa shape index (κ3) is 4.16. The van der Waals surface area contributed by atoms with Crippen molar-refractivity contribution < 1.29 is 0 Å². The van der Waals surface area contributed by atoms with Crippen molar-refractivity contribution in [1.82, 2.24) is 10.3 Å². The number of nitrogens with two attached hydrogens (primary N) is 1. The Morgan fingerprint density at radius 1 is 1.22 bits per heavy atom. The predicted octanol–water partition coefficient (Wildman–Crippen LogP) is 2.26. The Morgan fingerprint density at radius 3 is 2.50 bits per heavy atom. The van der Waals surface area contributed by atoms with Crippen molar-refractivity contribution in [2.75, 3.05) is 13.1 Å². The van der Waals surface area contributed by atoms with Gasteiger partial charge in [-0.15, -0.1) is 0 Å². The van der Waals surface area contributed by atoms with Gasteiger partial charge in [0.1, 0.15) is 0 Å². The normalized spacial score (nSPS) is 22.0. The molecule has 2 aliphatic carbocycles. The van der Waals surface area contributed by atoms with Crippen LogP contribution in [0.3, 0.4) is 0 Å². The lowest BCUT2D eigenvalue weighted by Gasteiger charge is -2.27. The van der Waals surface area contributed by atoms with Crippen LogP contribution in [0.15, 0.2) is 4.99 Å². The standard InChI is InChI=1S/C14H28N4/c1-2-10-18(11-12-8-9-12)14(17-15)16-13-6-4-3-5-7-13/h12-13H,2-11,15H2,1H3,(H,16,17). The Kier molecular flexibility index (Phi) is 5.29. The lowest BCUT2D eigenvalue weighted by Crippen LogP contribution is -2.46. The molecule has 3 N–H and O–H groups in total. The van der Waals surface area contributed by atoms with Crippen molar-refractivity contribution in [3.05, 3.63) is 0 Å². The summed E-state index contributed by atoms with van der Waals surface area (Å²) in [6.07, 6.45) is 10.4. The van der Waals surface area contributed by atoms with Gasteiger partial charge in [-0.05, 0) is 38.0 Å². The predicted molar refractivity (Wildman–Crippen MR) is 76.2 cm³/mol. The number of guanidine groups is 1. The number of rotatable bonds is 5. The summed E-state index contributed by atoms with van der Waals surface area (Å²) in [5, 5.41) is 0. The highest BCUT2D eigenvalue weighted by atomic mass is 15.4. The maximum absolute atomic E-state index is 5.69. The van der Waals surface area contributed by atoms with Crippen molar-refractivity contribution >= 4 is 5.96 Å². The molecule has 2 rings (SSSR count). The molecule has 0 amide bonds. The second-order valence-corrected chi connectivity index (χ2v) is 5.78. The van der Waals surface area contributed by atoms with Gasteiger partial charge in [-0.25, -0.2) is 10.8 Å². The van der Waals surface area contributed by atoms with Crippen molar-refractivity contribution in [2.24, 2.45) is 16.8 Å². The Labute approximate surface area is 111 Å². The number of hydrazine groups is 1. The highest BCUT2D eigenvalue weighted by Gasteiger charge is 2.26. The van der Waals surface area contributed by atoms with E-state index in [0.717, 1.165) is 31.4 Å². The van der Waals surface area contributed by atoms with Crippen molar-refractivity contribution in [3.8, 4) is 0 Å². The molecule has 0 aromatic rings. The monoisotopic (exact) mass is 252 g/mol. The van der Waals surface area contributed by atoms with E-state index in [0.29, 0.717) is 6.04 Å². The molecule has 2 fully saturated rings. The molecule has 0 aromatic carbocycles. The highest BCUT2D eigenvalue weighted by molar-refractivity contribution is 5.79. The third-order valence-corrected chi connectivity index (χ3v) is 3.98. The minimum atomic E-state index is 0.489. The molecular formula is C14H28N4. The summed E-state index contributed by atoms with van der Waals surface area (Å²) in [6, 6.07) is 0.489. The highest BCUT2D eigenvalue weighted by Crippen LogP contribution is 2.30. The van der Waals surface area contributed by atoms with Gasteiger partial charge < -0.3 is 4.90 Å². The van der Waals surface area contributed by atoms with E-state index in [1.165, 1.54) is 44.9 Å². The second kappa shape index (κ2) is 6.98. The van der Waals surface area contributed by atoms with E-state index in [2.05, 4.69) is 17.2 Å². The Hall–Kier alpha value is -0.770. The zero-order valence-electron chi connectivity index (χ0n) is 11.7. The van der Waals surface area contributed by atoms with Crippen LogP contribution >= 0.6 is 0 Å². The molecule has 0 atom stereocenters. The fourth-order valence-electron chi connectivity index (χ4n) is 2.76. The number of hydrogen-bond acceptors (Lipinski definition) is 2. The Balaban J connectivity index is 1.95. The molecule has 0 aliphatic heterocycles. The first-order valence-electron chi connectivity index (χ1n) is 7.62. The SMILES string of the molecule is CCCN(CC1CC1)C(=NC1CCCCC1)NN. The maximum Gasteiger partial charge on any atom is 0.208 e. The molecule has 2 aliphatic rings.